The third-order valence-corrected chi connectivity index (χ3v) is 3.26. The minimum Gasteiger partial charge on any atom is -0.359 e. The van der Waals surface area contributed by atoms with E-state index in [1.54, 1.807) is 19.0 Å². The van der Waals surface area contributed by atoms with Crippen LogP contribution in [0.15, 0.2) is 0 Å². The molecule has 6 heteroatoms. The number of hydrogen-bond donors (Lipinski definition) is 2. The van der Waals surface area contributed by atoms with Crippen LogP contribution in [-0.4, -0.2) is 50.4 Å². The lowest BCUT2D eigenvalue weighted by Crippen LogP contribution is -2.44. The number of hydrogen-bond acceptors (Lipinski definition) is 3. The van der Waals surface area contributed by atoms with Gasteiger partial charge in [-0.2, -0.15) is 0 Å². The molecule has 0 radical (unpaired) electrons. The summed E-state index contributed by atoms with van der Waals surface area (Å²) in [6.45, 7) is 4.08. The van der Waals surface area contributed by atoms with Crippen molar-refractivity contribution in [2.24, 2.45) is 11.8 Å². The van der Waals surface area contributed by atoms with Crippen LogP contribution in [0.25, 0.3) is 0 Å². The second-order valence-electron chi connectivity index (χ2n) is 4.78. The highest BCUT2D eigenvalue weighted by atomic mass is 35.5. The third kappa shape index (κ3) is 4.82. The summed E-state index contributed by atoms with van der Waals surface area (Å²) >= 11 is 0. The van der Waals surface area contributed by atoms with E-state index in [-0.39, 0.29) is 36.1 Å². The van der Waals surface area contributed by atoms with Crippen molar-refractivity contribution in [1.82, 2.24) is 15.5 Å². The van der Waals surface area contributed by atoms with E-state index in [4.69, 9.17) is 0 Å². The molecular formula is C12H24ClN3O2. The first kappa shape index (κ1) is 17.2. The van der Waals surface area contributed by atoms with Gasteiger partial charge in [-0.3, -0.25) is 9.59 Å². The van der Waals surface area contributed by atoms with Crippen molar-refractivity contribution in [3.8, 4) is 0 Å². The van der Waals surface area contributed by atoms with Gasteiger partial charge >= 0.3 is 0 Å². The number of amides is 2. The van der Waals surface area contributed by atoms with Crippen molar-refractivity contribution in [2.45, 2.75) is 19.8 Å². The number of halogens is 1. The van der Waals surface area contributed by atoms with E-state index in [0.717, 1.165) is 25.9 Å². The van der Waals surface area contributed by atoms with Gasteiger partial charge in [-0.15, -0.1) is 12.4 Å². The van der Waals surface area contributed by atoms with Gasteiger partial charge in [-0.05, 0) is 19.4 Å². The van der Waals surface area contributed by atoms with Crippen LogP contribution in [0, 0.1) is 11.8 Å². The van der Waals surface area contributed by atoms with Gasteiger partial charge in [-0.1, -0.05) is 6.92 Å². The molecule has 2 atom stereocenters. The number of carbonyl (C=O) groups excluding carboxylic acids is 2. The largest absolute Gasteiger partial charge is 0.359 e. The molecule has 1 saturated heterocycles. The highest BCUT2D eigenvalue weighted by Crippen LogP contribution is 2.13. The SMILES string of the molecule is CNC(=O)C(C)CN(C)C(=O)[C@@H]1CCCNC1.Cl. The van der Waals surface area contributed by atoms with Crippen molar-refractivity contribution >= 4 is 24.2 Å². The highest BCUT2D eigenvalue weighted by molar-refractivity contribution is 5.85. The predicted octanol–water partition coefficient (Wildman–Crippen LogP) is 0.248. The molecule has 0 aromatic rings. The Labute approximate surface area is 115 Å². The van der Waals surface area contributed by atoms with Gasteiger partial charge in [0.25, 0.3) is 0 Å². The van der Waals surface area contributed by atoms with Crippen LogP contribution in [0.2, 0.25) is 0 Å². The molecule has 1 fully saturated rings. The zero-order valence-corrected chi connectivity index (χ0v) is 12.2. The van der Waals surface area contributed by atoms with Crippen LogP contribution in [-0.2, 0) is 9.59 Å². The first-order valence-corrected chi connectivity index (χ1v) is 6.23. The van der Waals surface area contributed by atoms with Gasteiger partial charge in [0.2, 0.25) is 11.8 Å². The number of piperidine rings is 1. The minimum atomic E-state index is -0.162. The number of rotatable bonds is 4. The van der Waals surface area contributed by atoms with Gasteiger partial charge in [0.05, 0.1) is 11.8 Å². The fourth-order valence-corrected chi connectivity index (χ4v) is 2.20. The van der Waals surface area contributed by atoms with Crippen molar-refractivity contribution in [3.63, 3.8) is 0 Å². The Morgan fingerprint density at radius 2 is 2.17 bits per heavy atom. The molecule has 1 unspecified atom stereocenters. The molecular weight excluding hydrogens is 254 g/mol. The van der Waals surface area contributed by atoms with E-state index >= 15 is 0 Å². The second kappa shape index (κ2) is 8.32. The van der Waals surface area contributed by atoms with E-state index in [9.17, 15) is 9.59 Å². The first-order chi connectivity index (χ1) is 8.06. The Morgan fingerprint density at radius 3 is 2.67 bits per heavy atom. The molecule has 0 aromatic heterocycles. The maximum Gasteiger partial charge on any atom is 0.226 e. The van der Waals surface area contributed by atoms with E-state index in [2.05, 4.69) is 10.6 Å². The van der Waals surface area contributed by atoms with Gasteiger partial charge in [0.1, 0.15) is 0 Å². The lowest BCUT2D eigenvalue weighted by atomic mass is 9.98. The predicted molar refractivity (Wildman–Crippen MR) is 73.7 cm³/mol. The fraction of sp³-hybridized carbons (Fsp3) is 0.833. The van der Waals surface area contributed by atoms with E-state index in [1.807, 2.05) is 6.92 Å². The van der Waals surface area contributed by atoms with Crippen LogP contribution in [0.5, 0.6) is 0 Å². The van der Waals surface area contributed by atoms with E-state index in [0.29, 0.717) is 6.54 Å². The molecule has 5 nitrogen and oxygen atoms in total. The quantitative estimate of drug-likeness (QED) is 0.774. The summed E-state index contributed by atoms with van der Waals surface area (Å²) in [5.74, 6) is 0.0375. The van der Waals surface area contributed by atoms with Crippen LogP contribution >= 0.6 is 12.4 Å². The standard InChI is InChI=1S/C12H23N3O2.ClH/c1-9(11(16)13-2)8-15(3)12(17)10-5-4-6-14-7-10;/h9-10,14H,4-8H2,1-3H3,(H,13,16);1H/t9?,10-;/m1./s1. The van der Waals surface area contributed by atoms with E-state index in [1.165, 1.54) is 0 Å². The first-order valence-electron chi connectivity index (χ1n) is 6.23. The Bertz CT molecular complexity index is 280. The third-order valence-electron chi connectivity index (χ3n) is 3.26. The summed E-state index contributed by atoms with van der Waals surface area (Å²) in [7, 11) is 3.39. The number of nitrogens with one attached hydrogen (secondary N) is 2. The van der Waals surface area contributed by atoms with Crippen LogP contribution < -0.4 is 10.6 Å². The fourth-order valence-electron chi connectivity index (χ4n) is 2.20. The molecule has 1 heterocycles. The molecule has 2 N–H and O–H groups in total. The Balaban J connectivity index is 0.00000289. The number of nitrogens with zero attached hydrogens (tertiary/aromatic N) is 1. The molecule has 0 aliphatic carbocycles. The normalized spacial score (nSPS) is 20.5. The lowest BCUT2D eigenvalue weighted by Gasteiger charge is -2.28. The summed E-state index contributed by atoms with van der Waals surface area (Å²) in [6.07, 6.45) is 2.00. The van der Waals surface area contributed by atoms with Crippen molar-refractivity contribution in [1.29, 1.82) is 0 Å². The molecule has 2 amide bonds. The summed E-state index contributed by atoms with van der Waals surface area (Å²) in [6, 6.07) is 0. The Morgan fingerprint density at radius 1 is 1.50 bits per heavy atom. The molecule has 1 aliphatic heterocycles. The smallest absolute Gasteiger partial charge is 0.226 e. The average molecular weight is 278 g/mol. The second-order valence-corrected chi connectivity index (χ2v) is 4.78. The molecule has 0 aromatic carbocycles. The van der Waals surface area contributed by atoms with Gasteiger partial charge in [0, 0.05) is 27.2 Å². The summed E-state index contributed by atoms with van der Waals surface area (Å²) in [5, 5.41) is 5.83. The molecule has 18 heavy (non-hydrogen) atoms. The molecule has 106 valence electrons. The minimum absolute atomic E-state index is 0. The van der Waals surface area contributed by atoms with Crippen molar-refractivity contribution in [2.75, 3.05) is 33.7 Å². The summed E-state index contributed by atoms with van der Waals surface area (Å²) in [4.78, 5) is 25.2. The monoisotopic (exact) mass is 277 g/mol. The van der Waals surface area contributed by atoms with Crippen LogP contribution in [0.4, 0.5) is 0 Å². The van der Waals surface area contributed by atoms with Crippen molar-refractivity contribution < 1.29 is 9.59 Å². The average Bonchev–Trinajstić information content (AvgIpc) is 2.37. The molecule has 0 saturated carbocycles. The van der Waals surface area contributed by atoms with E-state index < -0.39 is 0 Å². The zero-order chi connectivity index (χ0) is 12.8. The van der Waals surface area contributed by atoms with Gasteiger partial charge in [-0.25, -0.2) is 0 Å². The summed E-state index contributed by atoms with van der Waals surface area (Å²) < 4.78 is 0. The Kier molecular flexibility index (Phi) is 7.95. The maximum absolute atomic E-state index is 12.1. The maximum atomic E-state index is 12.1. The molecule has 0 spiro atoms. The highest BCUT2D eigenvalue weighted by Gasteiger charge is 2.25. The topological polar surface area (TPSA) is 61.4 Å². The molecule has 1 aliphatic rings. The zero-order valence-electron chi connectivity index (χ0n) is 11.4. The van der Waals surface area contributed by atoms with Crippen LogP contribution in [0.3, 0.4) is 0 Å². The Hall–Kier alpha value is -0.810. The molecule has 1 rings (SSSR count). The number of carbonyl (C=O) groups is 2. The van der Waals surface area contributed by atoms with Crippen molar-refractivity contribution in [3.05, 3.63) is 0 Å². The molecule has 0 bridgehead atoms. The van der Waals surface area contributed by atoms with Crippen LogP contribution in [0.1, 0.15) is 19.8 Å². The summed E-state index contributed by atoms with van der Waals surface area (Å²) in [5.41, 5.74) is 0. The van der Waals surface area contributed by atoms with Gasteiger partial charge < -0.3 is 15.5 Å². The van der Waals surface area contributed by atoms with Gasteiger partial charge in [0.15, 0.2) is 0 Å². The lowest BCUT2D eigenvalue weighted by molar-refractivity contribution is -0.136.